The molecule has 0 N–H and O–H groups in total. The van der Waals surface area contributed by atoms with Gasteiger partial charge in [0.15, 0.2) is 0 Å². The van der Waals surface area contributed by atoms with Crippen molar-refractivity contribution in [2.24, 2.45) is 17.3 Å². The Morgan fingerprint density at radius 2 is 1.68 bits per heavy atom. The Morgan fingerprint density at radius 3 is 2.23 bits per heavy atom. The molecule has 0 spiro atoms. The van der Waals surface area contributed by atoms with E-state index in [9.17, 15) is 4.79 Å². The van der Waals surface area contributed by atoms with E-state index < -0.39 is 0 Å². The van der Waals surface area contributed by atoms with Gasteiger partial charge in [0.2, 0.25) is 0 Å². The molecule has 4 saturated carbocycles. The Hall–Kier alpha value is -1.22. The number of hydrogen-bond acceptors (Lipinski definition) is 3. The van der Waals surface area contributed by atoms with Crippen molar-refractivity contribution in [1.82, 2.24) is 0 Å². The minimum atomic E-state index is -0.355. The number of halogens is 1. The van der Waals surface area contributed by atoms with Gasteiger partial charge in [-0.1, -0.05) is 0 Å². The van der Waals surface area contributed by atoms with E-state index in [1.165, 1.54) is 6.42 Å². The molecule has 1 aromatic carbocycles. The van der Waals surface area contributed by atoms with Crippen molar-refractivity contribution < 1.29 is 14.3 Å². The maximum Gasteiger partial charge on any atom is 0.317 e. The van der Waals surface area contributed by atoms with Gasteiger partial charge < -0.3 is 9.47 Å². The predicted molar refractivity (Wildman–Crippen MR) is 84.3 cm³/mol. The van der Waals surface area contributed by atoms with Crippen LogP contribution in [0.15, 0.2) is 24.3 Å². The molecule has 1 aromatic rings. The van der Waals surface area contributed by atoms with Crippen molar-refractivity contribution in [1.29, 1.82) is 0 Å². The van der Waals surface area contributed by atoms with Crippen LogP contribution in [0.1, 0.15) is 38.5 Å². The standard InChI is InChI=1S/C18H21ClO3/c1-21-14-2-4-15(5-3-14)22-16(20)17-7-12-6-13(8-17)10-18(19,9-12)11-17/h2-5,12-13H,6-11H2,1H3. The van der Waals surface area contributed by atoms with E-state index in [1.807, 2.05) is 12.1 Å². The van der Waals surface area contributed by atoms with Crippen LogP contribution >= 0.6 is 11.6 Å². The number of rotatable bonds is 3. The van der Waals surface area contributed by atoms with Gasteiger partial charge >= 0.3 is 5.97 Å². The van der Waals surface area contributed by atoms with Gasteiger partial charge in [-0.2, -0.15) is 0 Å². The maximum atomic E-state index is 12.9. The van der Waals surface area contributed by atoms with Crippen LogP contribution in [0.2, 0.25) is 0 Å². The highest BCUT2D eigenvalue weighted by molar-refractivity contribution is 6.24. The Morgan fingerprint density at radius 1 is 1.09 bits per heavy atom. The number of benzene rings is 1. The number of ether oxygens (including phenoxy) is 2. The third kappa shape index (κ3) is 2.30. The zero-order valence-electron chi connectivity index (χ0n) is 12.8. The van der Waals surface area contributed by atoms with Gasteiger partial charge in [0.05, 0.1) is 12.5 Å². The van der Waals surface area contributed by atoms with E-state index in [4.69, 9.17) is 21.1 Å². The lowest BCUT2D eigenvalue weighted by atomic mass is 9.49. The zero-order valence-corrected chi connectivity index (χ0v) is 13.6. The molecule has 0 aliphatic heterocycles. The van der Waals surface area contributed by atoms with E-state index in [0.29, 0.717) is 17.6 Å². The molecule has 4 aliphatic rings. The van der Waals surface area contributed by atoms with Crippen LogP contribution in [0, 0.1) is 17.3 Å². The van der Waals surface area contributed by atoms with Gasteiger partial charge in [0.25, 0.3) is 0 Å². The lowest BCUT2D eigenvalue weighted by Gasteiger charge is -2.58. The SMILES string of the molecule is COc1ccc(OC(=O)C23CC4CC(CC(Cl)(C4)C2)C3)cc1. The van der Waals surface area contributed by atoms with E-state index >= 15 is 0 Å². The molecule has 0 aromatic heterocycles. The first-order chi connectivity index (χ1) is 10.5. The molecule has 2 atom stereocenters. The van der Waals surface area contributed by atoms with Crippen LogP contribution in [0.5, 0.6) is 11.5 Å². The molecule has 2 unspecified atom stereocenters. The summed E-state index contributed by atoms with van der Waals surface area (Å²) >= 11 is 6.78. The summed E-state index contributed by atoms with van der Waals surface area (Å²) < 4.78 is 10.8. The van der Waals surface area contributed by atoms with Crippen LogP contribution in [-0.2, 0) is 4.79 Å². The topological polar surface area (TPSA) is 35.5 Å². The summed E-state index contributed by atoms with van der Waals surface area (Å²) in [4.78, 5) is 12.7. The summed E-state index contributed by atoms with van der Waals surface area (Å²) in [5.41, 5.74) is -0.355. The first-order valence-electron chi connectivity index (χ1n) is 8.06. The molecule has 0 amide bonds. The summed E-state index contributed by atoms with van der Waals surface area (Å²) in [6.07, 6.45) is 6.07. The minimum absolute atomic E-state index is 0.0863. The Labute approximate surface area is 135 Å². The largest absolute Gasteiger partial charge is 0.497 e. The molecule has 118 valence electrons. The number of alkyl halides is 1. The van der Waals surface area contributed by atoms with Gasteiger partial charge in [-0.3, -0.25) is 4.79 Å². The van der Waals surface area contributed by atoms with Crippen molar-refractivity contribution in [3.05, 3.63) is 24.3 Å². The van der Waals surface area contributed by atoms with E-state index in [1.54, 1.807) is 19.2 Å². The normalized spacial score (nSPS) is 38.8. The summed E-state index contributed by atoms with van der Waals surface area (Å²) in [5, 5.41) is 0. The van der Waals surface area contributed by atoms with Gasteiger partial charge in [-0.05, 0) is 74.6 Å². The third-order valence-corrected chi connectivity index (χ3v) is 6.13. The molecule has 4 fully saturated rings. The highest BCUT2D eigenvalue weighted by Gasteiger charge is 2.60. The lowest BCUT2D eigenvalue weighted by molar-refractivity contribution is -0.160. The molecule has 22 heavy (non-hydrogen) atoms. The Bertz CT molecular complexity index is 581. The van der Waals surface area contributed by atoms with E-state index in [2.05, 4.69) is 0 Å². The van der Waals surface area contributed by atoms with Gasteiger partial charge in [-0.25, -0.2) is 0 Å². The molecular formula is C18H21ClO3. The number of hydrogen-bond donors (Lipinski definition) is 0. The Kier molecular flexibility index (Phi) is 3.19. The summed E-state index contributed by atoms with van der Waals surface area (Å²) in [6.45, 7) is 0. The molecule has 5 rings (SSSR count). The second kappa shape index (κ2) is 4.89. The van der Waals surface area contributed by atoms with Crippen molar-refractivity contribution in [2.75, 3.05) is 7.11 Å². The number of carbonyl (C=O) groups is 1. The predicted octanol–water partition coefficient (Wildman–Crippen LogP) is 4.18. The molecule has 4 aliphatic carbocycles. The molecule has 4 bridgehead atoms. The number of carbonyl (C=O) groups excluding carboxylic acids is 1. The third-order valence-electron chi connectivity index (χ3n) is 5.69. The summed E-state index contributed by atoms with van der Waals surface area (Å²) in [7, 11) is 1.62. The Balaban J connectivity index is 1.54. The monoisotopic (exact) mass is 320 g/mol. The van der Waals surface area contributed by atoms with Gasteiger partial charge in [-0.15, -0.1) is 11.6 Å². The highest BCUT2D eigenvalue weighted by Crippen LogP contribution is 2.64. The van der Waals surface area contributed by atoms with Crippen molar-refractivity contribution in [3.63, 3.8) is 0 Å². The van der Waals surface area contributed by atoms with Gasteiger partial charge in [0, 0.05) is 4.87 Å². The maximum absolute atomic E-state index is 12.9. The molecule has 0 saturated heterocycles. The smallest absolute Gasteiger partial charge is 0.317 e. The van der Waals surface area contributed by atoms with Crippen molar-refractivity contribution >= 4 is 17.6 Å². The summed E-state index contributed by atoms with van der Waals surface area (Å²) in [6, 6.07) is 7.19. The molecule has 0 heterocycles. The fourth-order valence-corrected chi connectivity index (χ4v) is 5.94. The van der Waals surface area contributed by atoms with Crippen molar-refractivity contribution in [3.8, 4) is 11.5 Å². The van der Waals surface area contributed by atoms with Crippen LogP contribution in [0.3, 0.4) is 0 Å². The molecule has 4 heteroatoms. The molecule has 0 radical (unpaired) electrons. The quantitative estimate of drug-likeness (QED) is 0.476. The average Bonchev–Trinajstić information content (AvgIpc) is 2.45. The second-order valence-corrected chi connectivity index (χ2v) is 8.26. The highest BCUT2D eigenvalue weighted by atomic mass is 35.5. The summed E-state index contributed by atoms with van der Waals surface area (Å²) in [5.74, 6) is 2.46. The van der Waals surface area contributed by atoms with Crippen LogP contribution in [-0.4, -0.2) is 18.0 Å². The van der Waals surface area contributed by atoms with Crippen LogP contribution in [0.25, 0.3) is 0 Å². The minimum Gasteiger partial charge on any atom is -0.497 e. The number of esters is 1. The fourth-order valence-electron chi connectivity index (χ4n) is 5.25. The first-order valence-corrected chi connectivity index (χ1v) is 8.43. The second-order valence-electron chi connectivity index (χ2n) is 7.46. The average molecular weight is 321 g/mol. The van der Waals surface area contributed by atoms with E-state index in [-0.39, 0.29) is 16.3 Å². The number of methoxy groups -OCH3 is 1. The lowest BCUT2D eigenvalue weighted by Crippen LogP contribution is -2.56. The van der Waals surface area contributed by atoms with Crippen LogP contribution < -0.4 is 9.47 Å². The fraction of sp³-hybridized carbons (Fsp3) is 0.611. The van der Waals surface area contributed by atoms with Crippen LogP contribution in [0.4, 0.5) is 0 Å². The van der Waals surface area contributed by atoms with Gasteiger partial charge in [0.1, 0.15) is 11.5 Å². The zero-order chi connectivity index (χ0) is 15.4. The molecule has 3 nitrogen and oxygen atoms in total. The van der Waals surface area contributed by atoms with E-state index in [0.717, 1.165) is 37.9 Å². The van der Waals surface area contributed by atoms with Crippen molar-refractivity contribution in [2.45, 2.75) is 43.4 Å². The molecular weight excluding hydrogens is 300 g/mol. The first kappa shape index (κ1) is 14.4.